The monoisotopic (exact) mass is 524 g/mol. The zero-order valence-electron chi connectivity index (χ0n) is 20.5. The SMILES string of the molecule is COc1cccc(/C=C2/SC(=O)N(Cc3cccc4ccccc34)C2=O)c1OCC(=O)Nc1ccccc1. The Morgan fingerprint density at radius 2 is 1.66 bits per heavy atom. The number of ether oxygens (including phenoxy) is 2. The summed E-state index contributed by atoms with van der Waals surface area (Å²) in [6.45, 7) is -0.0941. The van der Waals surface area contributed by atoms with Crippen LogP contribution >= 0.6 is 11.8 Å². The molecule has 0 bridgehead atoms. The number of carbonyl (C=O) groups excluding carboxylic acids is 3. The van der Waals surface area contributed by atoms with Crippen LogP contribution in [0.1, 0.15) is 11.1 Å². The van der Waals surface area contributed by atoms with Gasteiger partial charge in [0.1, 0.15) is 0 Å². The number of methoxy groups -OCH3 is 1. The van der Waals surface area contributed by atoms with Crippen molar-refractivity contribution in [3.8, 4) is 11.5 Å². The van der Waals surface area contributed by atoms with Gasteiger partial charge in [0.2, 0.25) is 0 Å². The predicted molar refractivity (Wildman–Crippen MR) is 149 cm³/mol. The second-order valence-corrected chi connectivity index (χ2v) is 9.48. The molecule has 1 fully saturated rings. The normalized spacial score (nSPS) is 14.2. The highest BCUT2D eigenvalue weighted by molar-refractivity contribution is 8.18. The standard InChI is InChI=1S/C30H24N2O5S/c1-36-25-16-8-11-21(28(25)37-19-27(33)31-23-13-3-2-4-14-23)17-26-29(34)32(30(35)38-26)18-22-12-7-10-20-9-5-6-15-24(20)22/h2-17H,18-19H2,1H3,(H,31,33)/b26-17+. The predicted octanol–water partition coefficient (Wildman–Crippen LogP) is 6.10. The van der Waals surface area contributed by atoms with Crippen LogP contribution in [0.25, 0.3) is 16.8 Å². The van der Waals surface area contributed by atoms with Crippen LogP contribution < -0.4 is 14.8 Å². The van der Waals surface area contributed by atoms with Crippen LogP contribution in [0.15, 0.2) is 95.9 Å². The van der Waals surface area contributed by atoms with Gasteiger partial charge in [0.25, 0.3) is 17.1 Å². The van der Waals surface area contributed by atoms with Gasteiger partial charge in [-0.1, -0.05) is 72.8 Å². The van der Waals surface area contributed by atoms with E-state index in [9.17, 15) is 14.4 Å². The van der Waals surface area contributed by atoms with E-state index in [1.165, 1.54) is 12.0 Å². The zero-order valence-corrected chi connectivity index (χ0v) is 21.4. The molecule has 5 rings (SSSR count). The largest absolute Gasteiger partial charge is 0.493 e. The van der Waals surface area contributed by atoms with Gasteiger partial charge in [-0.25, -0.2) is 0 Å². The minimum atomic E-state index is -0.386. The van der Waals surface area contributed by atoms with Crippen LogP contribution in [0.4, 0.5) is 10.5 Å². The molecule has 0 radical (unpaired) electrons. The highest BCUT2D eigenvalue weighted by Crippen LogP contribution is 2.38. The molecule has 0 saturated carbocycles. The Labute approximate surface area is 224 Å². The van der Waals surface area contributed by atoms with E-state index in [1.54, 1.807) is 36.4 Å². The van der Waals surface area contributed by atoms with Crippen LogP contribution in [-0.2, 0) is 16.1 Å². The van der Waals surface area contributed by atoms with Gasteiger partial charge in [-0.15, -0.1) is 0 Å². The van der Waals surface area contributed by atoms with Crippen molar-refractivity contribution in [1.82, 2.24) is 4.90 Å². The van der Waals surface area contributed by atoms with Crippen LogP contribution in [0.3, 0.4) is 0 Å². The Balaban J connectivity index is 1.36. The molecule has 3 amide bonds. The van der Waals surface area contributed by atoms with Gasteiger partial charge < -0.3 is 14.8 Å². The average Bonchev–Trinajstić information content (AvgIpc) is 3.20. The van der Waals surface area contributed by atoms with Crippen LogP contribution in [-0.4, -0.2) is 35.7 Å². The number of thioether (sulfide) groups is 1. The minimum Gasteiger partial charge on any atom is -0.493 e. The molecule has 0 atom stereocenters. The Bertz CT molecular complexity index is 1550. The number of amides is 3. The maximum absolute atomic E-state index is 13.3. The maximum Gasteiger partial charge on any atom is 0.293 e. The van der Waals surface area contributed by atoms with Gasteiger partial charge in [0, 0.05) is 11.3 Å². The first-order valence-electron chi connectivity index (χ1n) is 11.9. The second-order valence-electron chi connectivity index (χ2n) is 8.49. The number of benzene rings is 4. The van der Waals surface area contributed by atoms with Gasteiger partial charge in [0.05, 0.1) is 18.6 Å². The molecule has 0 unspecified atom stereocenters. The number of rotatable bonds is 8. The molecule has 4 aromatic carbocycles. The van der Waals surface area contributed by atoms with Crippen molar-refractivity contribution in [1.29, 1.82) is 0 Å². The third kappa shape index (κ3) is 5.40. The molecule has 38 heavy (non-hydrogen) atoms. The van der Waals surface area contributed by atoms with E-state index in [0.29, 0.717) is 22.7 Å². The molecule has 0 aliphatic carbocycles. The lowest BCUT2D eigenvalue weighted by atomic mass is 10.0. The number of nitrogens with one attached hydrogen (secondary N) is 1. The molecule has 0 spiro atoms. The van der Waals surface area contributed by atoms with Crippen molar-refractivity contribution >= 4 is 51.4 Å². The van der Waals surface area contributed by atoms with Crippen LogP contribution in [0.2, 0.25) is 0 Å². The van der Waals surface area contributed by atoms with Gasteiger partial charge in [0.15, 0.2) is 18.1 Å². The van der Waals surface area contributed by atoms with Crippen molar-refractivity contribution in [2.24, 2.45) is 0 Å². The molecule has 1 N–H and O–H groups in total. The van der Waals surface area contributed by atoms with Gasteiger partial charge >= 0.3 is 0 Å². The van der Waals surface area contributed by atoms with Crippen molar-refractivity contribution < 1.29 is 23.9 Å². The molecule has 0 aromatic heterocycles. The quantitative estimate of drug-likeness (QED) is 0.280. The lowest BCUT2D eigenvalue weighted by Gasteiger charge is -2.15. The Morgan fingerprint density at radius 3 is 2.47 bits per heavy atom. The molecule has 1 saturated heterocycles. The highest BCUT2D eigenvalue weighted by Gasteiger charge is 2.35. The number of carbonyl (C=O) groups is 3. The molecule has 7 nitrogen and oxygen atoms in total. The highest BCUT2D eigenvalue weighted by atomic mass is 32.2. The minimum absolute atomic E-state index is 0.171. The fourth-order valence-corrected chi connectivity index (χ4v) is 5.03. The summed E-state index contributed by atoms with van der Waals surface area (Å²) in [5.41, 5.74) is 2.07. The van der Waals surface area contributed by atoms with Crippen LogP contribution in [0, 0.1) is 0 Å². The smallest absolute Gasteiger partial charge is 0.293 e. The molecule has 1 heterocycles. The van der Waals surface area contributed by atoms with Crippen molar-refractivity contribution in [3.63, 3.8) is 0 Å². The fourth-order valence-electron chi connectivity index (χ4n) is 4.20. The second kappa shape index (κ2) is 11.2. The Morgan fingerprint density at radius 1 is 0.921 bits per heavy atom. The van der Waals surface area contributed by atoms with E-state index in [2.05, 4.69) is 5.32 Å². The maximum atomic E-state index is 13.3. The zero-order chi connectivity index (χ0) is 26.5. The van der Waals surface area contributed by atoms with Crippen molar-refractivity contribution in [2.45, 2.75) is 6.54 Å². The molecular formula is C30H24N2O5S. The molecular weight excluding hydrogens is 500 g/mol. The molecule has 1 aliphatic heterocycles. The van der Waals surface area contributed by atoms with Gasteiger partial charge in [-0.3, -0.25) is 19.3 Å². The van der Waals surface area contributed by atoms with E-state index in [4.69, 9.17) is 9.47 Å². The van der Waals surface area contributed by atoms with Gasteiger partial charge in [-0.05, 0) is 52.4 Å². The van der Waals surface area contributed by atoms with E-state index in [-0.39, 0.29) is 35.1 Å². The fraction of sp³-hybridized carbons (Fsp3) is 0.100. The first-order valence-corrected chi connectivity index (χ1v) is 12.7. The topological polar surface area (TPSA) is 84.9 Å². The van der Waals surface area contributed by atoms with E-state index in [1.807, 2.05) is 60.7 Å². The number of anilines is 1. The summed E-state index contributed by atoms with van der Waals surface area (Å²) in [7, 11) is 1.49. The molecule has 8 heteroatoms. The summed E-state index contributed by atoms with van der Waals surface area (Å²) >= 11 is 0.872. The third-order valence-electron chi connectivity index (χ3n) is 6.00. The number of imide groups is 1. The van der Waals surface area contributed by atoms with Crippen molar-refractivity contribution in [3.05, 3.63) is 107 Å². The first kappa shape index (κ1) is 25.1. The molecule has 190 valence electrons. The third-order valence-corrected chi connectivity index (χ3v) is 6.91. The summed E-state index contributed by atoms with van der Waals surface area (Å²) in [6.07, 6.45) is 1.60. The van der Waals surface area contributed by atoms with Gasteiger partial charge in [-0.2, -0.15) is 0 Å². The molecule has 4 aromatic rings. The van der Waals surface area contributed by atoms with E-state index in [0.717, 1.165) is 28.1 Å². The first-order chi connectivity index (χ1) is 18.5. The summed E-state index contributed by atoms with van der Waals surface area (Å²) in [6, 6.07) is 28.0. The number of hydrogen-bond acceptors (Lipinski definition) is 6. The molecule has 1 aliphatic rings. The summed E-state index contributed by atoms with van der Waals surface area (Å²) < 4.78 is 11.3. The van der Waals surface area contributed by atoms with E-state index >= 15 is 0 Å². The van der Waals surface area contributed by atoms with Crippen LogP contribution in [0.5, 0.6) is 11.5 Å². The summed E-state index contributed by atoms with van der Waals surface area (Å²) in [4.78, 5) is 40.1. The number of fused-ring (bicyclic) bond motifs is 1. The number of nitrogens with zero attached hydrogens (tertiary/aromatic N) is 1. The summed E-state index contributed by atoms with van der Waals surface area (Å²) in [5, 5.41) is 4.46. The number of hydrogen-bond donors (Lipinski definition) is 1. The van der Waals surface area contributed by atoms with E-state index < -0.39 is 0 Å². The number of para-hydroxylation sites is 2. The lowest BCUT2D eigenvalue weighted by molar-refractivity contribution is -0.123. The Kier molecular flexibility index (Phi) is 7.42. The van der Waals surface area contributed by atoms with Crippen molar-refractivity contribution in [2.75, 3.05) is 19.0 Å². The average molecular weight is 525 g/mol. The lowest BCUT2D eigenvalue weighted by Crippen LogP contribution is -2.27. The Hall–Kier alpha value is -4.56. The summed E-state index contributed by atoms with van der Waals surface area (Å²) in [5.74, 6) is -0.0210.